The van der Waals surface area contributed by atoms with E-state index < -0.39 is 40.7 Å². The van der Waals surface area contributed by atoms with Crippen molar-refractivity contribution in [3.63, 3.8) is 0 Å². The molecule has 2 aliphatic carbocycles. The number of aliphatic hydroxyl groups excluding tert-OH is 2. The van der Waals surface area contributed by atoms with Gasteiger partial charge >= 0.3 is 5.97 Å². The van der Waals surface area contributed by atoms with Crippen molar-refractivity contribution < 1.29 is 29.2 Å². The first-order valence-corrected chi connectivity index (χ1v) is 8.85. The van der Waals surface area contributed by atoms with Crippen LogP contribution < -0.4 is 0 Å². The van der Waals surface area contributed by atoms with Gasteiger partial charge in [0.05, 0.1) is 18.8 Å². The maximum Gasteiger partial charge on any atom is 0.333 e. The zero-order chi connectivity index (χ0) is 18.2. The van der Waals surface area contributed by atoms with Crippen LogP contribution in [0, 0.1) is 10.8 Å². The molecule has 25 heavy (non-hydrogen) atoms. The minimum absolute atomic E-state index is 0.102. The second kappa shape index (κ2) is 5.16. The van der Waals surface area contributed by atoms with Crippen LogP contribution >= 0.6 is 0 Å². The first-order chi connectivity index (χ1) is 11.7. The number of hydrogen-bond donors (Lipinski definition) is 2. The highest BCUT2D eigenvalue weighted by Gasteiger charge is 2.84. The largest absolute Gasteiger partial charge is 0.462 e. The monoisotopic (exact) mass is 350 g/mol. The summed E-state index contributed by atoms with van der Waals surface area (Å²) < 4.78 is 17.6. The molecule has 2 bridgehead atoms. The molecular weight excluding hydrogens is 324 g/mol. The number of carbonyl (C=O) groups excluding carboxylic acids is 1. The van der Waals surface area contributed by atoms with Crippen molar-refractivity contribution in [3.05, 3.63) is 23.8 Å². The van der Waals surface area contributed by atoms with E-state index in [-0.39, 0.29) is 12.7 Å². The number of allylic oxidation sites excluding steroid dienone is 1. The summed E-state index contributed by atoms with van der Waals surface area (Å²) in [4.78, 5) is 12.0. The van der Waals surface area contributed by atoms with Gasteiger partial charge in [0.15, 0.2) is 0 Å². The molecule has 6 heteroatoms. The molecule has 3 fully saturated rings. The maximum absolute atomic E-state index is 12.0. The van der Waals surface area contributed by atoms with Gasteiger partial charge in [-0.15, -0.1) is 0 Å². The molecule has 6 nitrogen and oxygen atoms in total. The van der Waals surface area contributed by atoms with Crippen molar-refractivity contribution in [2.75, 3.05) is 13.2 Å². The van der Waals surface area contributed by atoms with Crippen LogP contribution in [0.2, 0.25) is 0 Å². The first-order valence-electron chi connectivity index (χ1n) is 8.85. The topological polar surface area (TPSA) is 88.5 Å². The number of fused-ring (bicyclic) bond motifs is 2. The number of hydrogen-bond acceptors (Lipinski definition) is 6. The van der Waals surface area contributed by atoms with E-state index in [0.717, 1.165) is 6.42 Å². The Labute approximate surface area is 147 Å². The third-order valence-electron chi connectivity index (χ3n) is 7.10. The Morgan fingerprint density at radius 3 is 2.76 bits per heavy atom. The molecular formula is C19H26O6. The van der Waals surface area contributed by atoms with Gasteiger partial charge in [0.2, 0.25) is 0 Å². The molecule has 0 unspecified atom stereocenters. The maximum atomic E-state index is 12.0. The predicted octanol–water partition coefficient (Wildman–Crippen LogP) is 1.11. The lowest BCUT2D eigenvalue weighted by atomic mass is 9.51. The van der Waals surface area contributed by atoms with E-state index in [2.05, 4.69) is 6.58 Å². The van der Waals surface area contributed by atoms with Crippen LogP contribution in [0.4, 0.5) is 0 Å². The zero-order valence-electron chi connectivity index (χ0n) is 14.9. The Hall–Kier alpha value is -1.21. The molecule has 4 aliphatic rings. The van der Waals surface area contributed by atoms with Crippen LogP contribution in [-0.4, -0.2) is 59.4 Å². The van der Waals surface area contributed by atoms with E-state index in [1.807, 2.05) is 19.9 Å². The molecule has 2 heterocycles. The summed E-state index contributed by atoms with van der Waals surface area (Å²) >= 11 is 0. The number of epoxide rings is 1. The van der Waals surface area contributed by atoms with Crippen LogP contribution in [-0.2, 0) is 19.0 Å². The third kappa shape index (κ3) is 1.91. The molecule has 1 saturated carbocycles. The molecule has 138 valence electrons. The summed E-state index contributed by atoms with van der Waals surface area (Å²) in [6.07, 6.45) is 0.649. The van der Waals surface area contributed by atoms with Gasteiger partial charge < -0.3 is 24.4 Å². The third-order valence-corrected chi connectivity index (χ3v) is 7.10. The number of rotatable bonds is 3. The van der Waals surface area contributed by atoms with Crippen LogP contribution in [0.3, 0.4) is 0 Å². The van der Waals surface area contributed by atoms with Crippen molar-refractivity contribution in [1.82, 2.24) is 0 Å². The van der Waals surface area contributed by atoms with Gasteiger partial charge in [-0.25, -0.2) is 4.79 Å². The van der Waals surface area contributed by atoms with Gasteiger partial charge in [-0.2, -0.15) is 0 Å². The minimum atomic E-state index is -1.01. The lowest BCUT2D eigenvalue weighted by Gasteiger charge is -2.57. The standard InChI is InChI=1S/C19H26O6/c1-10(2)16(22)23-8-18-6-5-11(3)7-12(18)25-15-13(20)14(21)17(18,4)19(15)9-24-19/h7,12-15,20-21H,1,5-6,8-9H2,2-4H3/t12-,13-,14-,15-,17-,18-,19-/m1/s1. The Bertz CT molecular complexity index is 665. The fourth-order valence-corrected chi connectivity index (χ4v) is 5.35. The molecule has 2 aliphatic heterocycles. The van der Waals surface area contributed by atoms with Crippen molar-refractivity contribution in [1.29, 1.82) is 0 Å². The van der Waals surface area contributed by atoms with Gasteiger partial charge in [0.1, 0.15) is 24.4 Å². The molecule has 4 rings (SSSR count). The van der Waals surface area contributed by atoms with Gasteiger partial charge in [-0.1, -0.05) is 25.2 Å². The molecule has 0 aromatic rings. The van der Waals surface area contributed by atoms with E-state index in [1.165, 1.54) is 5.57 Å². The highest BCUT2D eigenvalue weighted by molar-refractivity contribution is 5.86. The molecule has 0 aromatic carbocycles. The normalized spacial score (nSPS) is 50.2. The number of carbonyl (C=O) groups is 1. The van der Waals surface area contributed by atoms with E-state index in [4.69, 9.17) is 14.2 Å². The lowest BCUT2D eigenvalue weighted by Crippen LogP contribution is -2.66. The van der Waals surface area contributed by atoms with E-state index in [0.29, 0.717) is 18.6 Å². The summed E-state index contributed by atoms with van der Waals surface area (Å²) in [7, 11) is 0. The van der Waals surface area contributed by atoms with Crippen LogP contribution in [0.5, 0.6) is 0 Å². The summed E-state index contributed by atoms with van der Waals surface area (Å²) in [6, 6.07) is 0. The van der Waals surface area contributed by atoms with Crippen molar-refractivity contribution in [3.8, 4) is 0 Å². The summed E-state index contributed by atoms with van der Waals surface area (Å²) in [6.45, 7) is 9.78. The Kier molecular flexibility index (Phi) is 3.55. The fraction of sp³-hybridized carbons (Fsp3) is 0.737. The van der Waals surface area contributed by atoms with Crippen molar-refractivity contribution in [2.24, 2.45) is 10.8 Å². The average Bonchev–Trinajstić information content (AvgIpc) is 3.35. The average molecular weight is 350 g/mol. The summed E-state index contributed by atoms with van der Waals surface area (Å²) in [5.41, 5.74) is -0.593. The van der Waals surface area contributed by atoms with Gasteiger partial charge in [-0.05, 0) is 26.7 Å². The predicted molar refractivity (Wildman–Crippen MR) is 88.7 cm³/mol. The second-order valence-electron chi connectivity index (χ2n) is 8.32. The first kappa shape index (κ1) is 17.2. The van der Waals surface area contributed by atoms with Crippen LogP contribution in [0.25, 0.3) is 0 Å². The second-order valence-corrected chi connectivity index (χ2v) is 8.32. The number of ether oxygens (including phenoxy) is 3. The van der Waals surface area contributed by atoms with Crippen molar-refractivity contribution >= 4 is 5.97 Å². The van der Waals surface area contributed by atoms with E-state index >= 15 is 0 Å². The van der Waals surface area contributed by atoms with E-state index in [1.54, 1.807) is 6.92 Å². The highest BCUT2D eigenvalue weighted by atomic mass is 16.6. The molecule has 0 radical (unpaired) electrons. The molecule has 1 spiro atoms. The molecule has 2 N–H and O–H groups in total. The smallest absolute Gasteiger partial charge is 0.333 e. The number of esters is 1. The van der Waals surface area contributed by atoms with Gasteiger partial charge in [0.25, 0.3) is 0 Å². The molecule has 0 aromatic heterocycles. The SMILES string of the molecule is C=C(C)C(=O)OC[C@]12CCC(C)=C[C@H]1O[C@@H]1[C@H](O)[C@@H](O)[C@@]2(C)[C@@]12CO2. The summed E-state index contributed by atoms with van der Waals surface area (Å²) in [5, 5.41) is 21.6. The van der Waals surface area contributed by atoms with Crippen LogP contribution in [0.15, 0.2) is 23.8 Å². The zero-order valence-corrected chi connectivity index (χ0v) is 14.9. The molecule has 2 saturated heterocycles. The molecule has 7 atom stereocenters. The van der Waals surface area contributed by atoms with E-state index in [9.17, 15) is 15.0 Å². The van der Waals surface area contributed by atoms with Gasteiger partial charge in [-0.3, -0.25) is 0 Å². The highest BCUT2D eigenvalue weighted by Crippen LogP contribution is 2.71. The Morgan fingerprint density at radius 2 is 2.16 bits per heavy atom. The van der Waals surface area contributed by atoms with Crippen molar-refractivity contribution in [2.45, 2.75) is 63.6 Å². The van der Waals surface area contributed by atoms with Gasteiger partial charge in [0, 0.05) is 16.4 Å². The Morgan fingerprint density at radius 1 is 1.48 bits per heavy atom. The minimum Gasteiger partial charge on any atom is -0.462 e. The number of aliphatic hydroxyl groups is 2. The summed E-state index contributed by atoms with van der Waals surface area (Å²) in [5.74, 6) is -0.455. The quantitative estimate of drug-likeness (QED) is 0.343. The van der Waals surface area contributed by atoms with Crippen LogP contribution in [0.1, 0.15) is 33.6 Å². The lowest BCUT2D eigenvalue weighted by molar-refractivity contribution is -0.230. The fourth-order valence-electron chi connectivity index (χ4n) is 5.35. The Balaban J connectivity index is 1.79. The molecule has 0 amide bonds.